The molecule has 0 radical (unpaired) electrons. The van der Waals surface area contributed by atoms with E-state index in [4.69, 9.17) is 0 Å². The molecule has 37 heavy (non-hydrogen) atoms. The van der Waals surface area contributed by atoms with Gasteiger partial charge < -0.3 is 0 Å². The molecule has 0 fully saturated rings. The van der Waals surface area contributed by atoms with Gasteiger partial charge in [-0.15, -0.1) is 0 Å². The van der Waals surface area contributed by atoms with Gasteiger partial charge in [0.1, 0.15) is 0 Å². The molecule has 0 N–H and O–H groups in total. The summed E-state index contributed by atoms with van der Waals surface area (Å²) in [6.45, 7) is 4.08. The summed E-state index contributed by atoms with van der Waals surface area (Å²) in [5.74, 6) is -1.07. The number of hydrogen-bond donors (Lipinski definition) is 0. The maximum Gasteiger partial charge on any atom is 0.167 e. The van der Waals surface area contributed by atoms with Gasteiger partial charge in [0.25, 0.3) is 0 Å². The Bertz CT molecular complexity index is 1200. The van der Waals surface area contributed by atoms with Gasteiger partial charge in [0.05, 0.1) is 0 Å². The van der Waals surface area contributed by atoms with E-state index in [0.29, 0.717) is 41.0 Å². The first-order chi connectivity index (χ1) is 17.9. The van der Waals surface area contributed by atoms with Crippen molar-refractivity contribution in [2.45, 2.75) is 77.6 Å². The van der Waals surface area contributed by atoms with Gasteiger partial charge in [-0.25, -0.2) is 17.6 Å². The minimum atomic E-state index is -1.75. The maximum atomic E-state index is 15.1. The summed E-state index contributed by atoms with van der Waals surface area (Å²) < 4.78 is 59.9. The van der Waals surface area contributed by atoms with Crippen LogP contribution in [0, 0.1) is 17.6 Å². The second kappa shape index (κ2) is 12.6. The van der Waals surface area contributed by atoms with Crippen molar-refractivity contribution in [2.75, 3.05) is 0 Å². The van der Waals surface area contributed by atoms with Gasteiger partial charge in [-0.3, -0.25) is 0 Å². The Labute approximate surface area is 218 Å². The highest BCUT2D eigenvalue weighted by Gasteiger charge is 2.31. The van der Waals surface area contributed by atoms with E-state index in [1.165, 1.54) is 19.3 Å². The van der Waals surface area contributed by atoms with Crippen molar-refractivity contribution in [1.82, 2.24) is 0 Å². The maximum absolute atomic E-state index is 15.1. The van der Waals surface area contributed by atoms with Crippen molar-refractivity contribution in [3.63, 3.8) is 0 Å². The first kappa shape index (κ1) is 27.2. The van der Waals surface area contributed by atoms with Gasteiger partial charge in [-0.2, -0.15) is 0 Å². The molecule has 196 valence electrons. The van der Waals surface area contributed by atoms with Crippen molar-refractivity contribution in [1.29, 1.82) is 0 Å². The largest absolute Gasteiger partial charge is 0.239 e. The molecule has 2 aliphatic carbocycles. The van der Waals surface area contributed by atoms with Gasteiger partial charge in [0, 0.05) is 11.1 Å². The lowest BCUT2D eigenvalue weighted by molar-refractivity contribution is 0.238. The van der Waals surface area contributed by atoms with Crippen molar-refractivity contribution in [2.24, 2.45) is 5.92 Å². The van der Waals surface area contributed by atoms with Crippen LogP contribution < -0.4 is 0 Å². The lowest BCUT2D eigenvalue weighted by atomic mass is 9.83. The molecule has 2 aromatic rings. The smallest absolute Gasteiger partial charge is 0.167 e. The van der Waals surface area contributed by atoms with Gasteiger partial charge in [-0.1, -0.05) is 93.0 Å². The molecule has 0 spiro atoms. The minimum absolute atomic E-state index is 0.161. The van der Waals surface area contributed by atoms with Crippen LogP contribution in [-0.2, 0) is 0 Å². The van der Waals surface area contributed by atoms with Crippen LogP contribution >= 0.6 is 0 Å². The molecule has 0 heterocycles. The summed E-state index contributed by atoms with van der Waals surface area (Å²) in [5.41, 5.74) is 3.12. The third-order valence-corrected chi connectivity index (χ3v) is 7.66. The molecular formula is C33H36F4. The molecule has 0 saturated heterocycles. The van der Waals surface area contributed by atoms with E-state index in [-0.39, 0.29) is 11.1 Å². The molecule has 0 amide bonds. The summed E-state index contributed by atoms with van der Waals surface area (Å²) >= 11 is 0. The van der Waals surface area contributed by atoms with E-state index < -0.39 is 24.0 Å². The molecule has 0 aromatic heterocycles. The number of unbranched alkanes of at least 4 members (excludes halogenated alkanes) is 1. The van der Waals surface area contributed by atoms with Gasteiger partial charge >= 0.3 is 0 Å². The van der Waals surface area contributed by atoms with Crippen LogP contribution in [0.25, 0.3) is 22.3 Å². The summed E-state index contributed by atoms with van der Waals surface area (Å²) in [5, 5.41) is 0. The second-order valence-electron chi connectivity index (χ2n) is 10.2. The van der Waals surface area contributed by atoms with Crippen LogP contribution in [0.5, 0.6) is 0 Å². The number of benzene rings is 2. The molecule has 0 nitrogen and oxygen atoms in total. The Morgan fingerprint density at radius 3 is 2.27 bits per heavy atom. The number of alkyl halides is 2. The fraction of sp³-hybridized carbons (Fsp3) is 0.394. The van der Waals surface area contributed by atoms with E-state index in [1.807, 2.05) is 19.1 Å². The van der Waals surface area contributed by atoms with E-state index in [2.05, 4.69) is 13.0 Å². The number of hydrogen-bond acceptors (Lipinski definition) is 0. The average Bonchev–Trinajstić information content (AvgIpc) is 2.92. The van der Waals surface area contributed by atoms with Crippen molar-refractivity contribution in [3.8, 4) is 11.1 Å². The Balaban J connectivity index is 1.51. The highest BCUT2D eigenvalue weighted by Crippen LogP contribution is 2.38. The Morgan fingerprint density at radius 1 is 0.892 bits per heavy atom. The number of halogens is 4. The van der Waals surface area contributed by atoms with E-state index in [1.54, 1.807) is 48.6 Å². The summed E-state index contributed by atoms with van der Waals surface area (Å²) in [6, 6.07) is 9.83. The zero-order valence-electron chi connectivity index (χ0n) is 21.8. The SMILES string of the molecule is C/C=C/CCC1=CC=C(c2ccc(-c3ccc(C4=CCC(CCCC)CC4)c(F)c3F)cc2)C(F)C1F. The van der Waals surface area contributed by atoms with Crippen LogP contribution in [0.1, 0.15) is 76.3 Å². The van der Waals surface area contributed by atoms with Gasteiger partial charge in [0.15, 0.2) is 24.0 Å². The zero-order valence-corrected chi connectivity index (χ0v) is 21.8. The van der Waals surface area contributed by atoms with Crippen molar-refractivity contribution in [3.05, 3.63) is 95.1 Å². The third-order valence-electron chi connectivity index (χ3n) is 7.66. The fourth-order valence-electron chi connectivity index (χ4n) is 5.37. The molecule has 0 saturated carbocycles. The molecule has 3 unspecified atom stereocenters. The van der Waals surface area contributed by atoms with Crippen LogP contribution in [0.4, 0.5) is 17.6 Å². The minimum Gasteiger partial charge on any atom is -0.239 e. The Kier molecular flexibility index (Phi) is 9.23. The molecular weight excluding hydrogens is 472 g/mol. The average molecular weight is 509 g/mol. The lowest BCUT2D eigenvalue weighted by Gasteiger charge is -2.23. The highest BCUT2D eigenvalue weighted by molar-refractivity contribution is 5.76. The van der Waals surface area contributed by atoms with Gasteiger partial charge in [0.2, 0.25) is 0 Å². The monoisotopic (exact) mass is 508 g/mol. The molecule has 3 atom stereocenters. The predicted molar refractivity (Wildman–Crippen MR) is 147 cm³/mol. The van der Waals surface area contributed by atoms with Crippen molar-refractivity contribution >= 4 is 11.1 Å². The number of allylic oxidation sites excluding steroid dienone is 8. The normalized spacial score (nSPS) is 22.1. The number of rotatable bonds is 9. The first-order valence-electron chi connectivity index (χ1n) is 13.5. The quantitative estimate of drug-likeness (QED) is 0.233. The van der Waals surface area contributed by atoms with Crippen molar-refractivity contribution < 1.29 is 17.6 Å². The lowest BCUT2D eigenvalue weighted by Crippen LogP contribution is -2.24. The van der Waals surface area contributed by atoms with E-state index in [0.717, 1.165) is 24.8 Å². The Morgan fingerprint density at radius 2 is 1.59 bits per heavy atom. The molecule has 2 aliphatic rings. The molecule has 0 bridgehead atoms. The van der Waals surface area contributed by atoms with Gasteiger partial charge in [-0.05, 0) is 72.8 Å². The van der Waals surface area contributed by atoms with E-state index in [9.17, 15) is 8.78 Å². The second-order valence-corrected chi connectivity index (χ2v) is 10.2. The summed E-state index contributed by atoms with van der Waals surface area (Å²) in [4.78, 5) is 0. The zero-order chi connectivity index (χ0) is 26.4. The third kappa shape index (κ3) is 6.17. The Hall–Kier alpha value is -2.88. The molecule has 4 heteroatoms. The summed E-state index contributed by atoms with van der Waals surface area (Å²) in [7, 11) is 0. The van der Waals surface area contributed by atoms with Crippen LogP contribution in [0.2, 0.25) is 0 Å². The molecule has 2 aromatic carbocycles. The molecule has 0 aliphatic heterocycles. The summed E-state index contributed by atoms with van der Waals surface area (Å²) in [6.07, 6.45) is 13.1. The van der Waals surface area contributed by atoms with Crippen LogP contribution in [0.15, 0.2) is 72.4 Å². The standard InChI is InChI=1S/C33H36F4/c1-3-5-7-9-26-18-19-27(31(35)30(26)34)24-14-16-25(17-15-24)29-21-20-28(32(36)33(29)37)23-12-10-22(11-13-23)8-6-4-2/h3,5,12,14-22,30-31H,4,6-11,13H2,1-2H3/b5-3+. The van der Waals surface area contributed by atoms with Crippen LogP contribution in [-0.4, -0.2) is 12.3 Å². The molecule has 4 rings (SSSR count). The highest BCUT2D eigenvalue weighted by atomic mass is 19.2. The predicted octanol–water partition coefficient (Wildman–Crippen LogP) is 10.4. The fourth-order valence-corrected chi connectivity index (χ4v) is 5.37. The first-order valence-corrected chi connectivity index (χ1v) is 13.5. The topological polar surface area (TPSA) is 0 Å². The van der Waals surface area contributed by atoms with E-state index >= 15 is 8.78 Å². The van der Waals surface area contributed by atoms with Crippen LogP contribution in [0.3, 0.4) is 0 Å².